The third-order valence-electron chi connectivity index (χ3n) is 6.02. The summed E-state index contributed by atoms with van der Waals surface area (Å²) in [5.41, 5.74) is 9.27. The number of phenolic OH excluding ortho intramolecular Hbond substituents is 1. The van der Waals surface area contributed by atoms with Crippen LogP contribution in [-0.4, -0.2) is 43.1 Å². The second-order valence-electron chi connectivity index (χ2n) is 8.24. The summed E-state index contributed by atoms with van der Waals surface area (Å²) in [6, 6.07) is 22.0. The van der Waals surface area contributed by atoms with E-state index in [1.807, 2.05) is 55.5 Å². The van der Waals surface area contributed by atoms with Crippen molar-refractivity contribution in [3.63, 3.8) is 0 Å². The number of anilines is 3. The Balaban J connectivity index is 1.42. The lowest BCUT2D eigenvalue weighted by atomic mass is 9.98. The van der Waals surface area contributed by atoms with Gasteiger partial charge in [0, 0.05) is 54.9 Å². The molecule has 2 amide bonds. The van der Waals surface area contributed by atoms with E-state index in [4.69, 9.17) is 5.73 Å². The van der Waals surface area contributed by atoms with Gasteiger partial charge in [0.1, 0.15) is 5.75 Å². The molecule has 1 atom stereocenters. The van der Waals surface area contributed by atoms with Gasteiger partial charge in [0.25, 0.3) is 0 Å². The lowest BCUT2D eigenvalue weighted by molar-refractivity contribution is -0.117. The Morgan fingerprint density at radius 3 is 2.09 bits per heavy atom. The first-order chi connectivity index (χ1) is 15.9. The molecule has 3 aromatic carbocycles. The highest BCUT2D eigenvalue weighted by molar-refractivity contribution is 5.95. The van der Waals surface area contributed by atoms with Crippen LogP contribution in [0.3, 0.4) is 0 Å². The van der Waals surface area contributed by atoms with Gasteiger partial charge in [-0.3, -0.25) is 9.59 Å². The minimum Gasteiger partial charge on any atom is -0.508 e. The van der Waals surface area contributed by atoms with Crippen molar-refractivity contribution in [1.29, 1.82) is 0 Å². The monoisotopic (exact) mass is 444 g/mol. The number of amides is 2. The molecule has 0 spiro atoms. The Morgan fingerprint density at radius 2 is 1.48 bits per heavy atom. The molecular formula is C26H28N4O3. The van der Waals surface area contributed by atoms with Crippen molar-refractivity contribution in [3.8, 4) is 5.75 Å². The molecule has 1 heterocycles. The molecular weight excluding hydrogens is 416 g/mol. The van der Waals surface area contributed by atoms with E-state index in [0.717, 1.165) is 48.8 Å². The lowest BCUT2D eigenvalue weighted by Crippen LogP contribution is -2.46. The number of rotatable bonds is 6. The number of nitrogens with one attached hydrogen (secondary N) is 1. The van der Waals surface area contributed by atoms with Gasteiger partial charge in [-0.1, -0.05) is 18.2 Å². The van der Waals surface area contributed by atoms with Gasteiger partial charge in [-0.15, -0.1) is 0 Å². The van der Waals surface area contributed by atoms with Crippen LogP contribution in [0.5, 0.6) is 5.75 Å². The second kappa shape index (κ2) is 9.65. The standard InChI is InChI=1S/C26H28N4O3/c1-18(26(33)28-21-5-3-2-4-6-21)20-15-23(17-24(31)16-20)30-13-11-29(12-14-30)22-9-7-19(8-10-22)25(27)32/h2-10,15-18,31H,11-14H2,1H3,(H2,27,32)(H,28,33). The van der Waals surface area contributed by atoms with E-state index in [9.17, 15) is 14.7 Å². The van der Waals surface area contributed by atoms with E-state index in [0.29, 0.717) is 5.56 Å². The highest BCUT2D eigenvalue weighted by Gasteiger charge is 2.21. The van der Waals surface area contributed by atoms with Crippen LogP contribution in [-0.2, 0) is 4.79 Å². The van der Waals surface area contributed by atoms with E-state index in [-0.39, 0.29) is 11.7 Å². The number of nitrogens with two attached hydrogens (primary N) is 1. The van der Waals surface area contributed by atoms with Crippen LogP contribution < -0.4 is 20.9 Å². The van der Waals surface area contributed by atoms with Crippen LogP contribution in [0, 0.1) is 0 Å². The Labute approximate surface area is 193 Å². The summed E-state index contributed by atoms with van der Waals surface area (Å²) in [7, 11) is 0. The maximum Gasteiger partial charge on any atom is 0.248 e. The minimum atomic E-state index is -0.433. The van der Waals surface area contributed by atoms with Crippen molar-refractivity contribution < 1.29 is 14.7 Å². The third-order valence-corrected chi connectivity index (χ3v) is 6.02. The Kier molecular flexibility index (Phi) is 6.49. The fourth-order valence-electron chi connectivity index (χ4n) is 4.03. The normalized spacial score (nSPS) is 14.6. The van der Waals surface area contributed by atoms with Crippen molar-refractivity contribution in [3.05, 3.63) is 83.9 Å². The maximum absolute atomic E-state index is 12.7. The molecule has 0 radical (unpaired) electrons. The number of nitrogens with zero attached hydrogens (tertiary/aromatic N) is 2. The molecule has 4 rings (SSSR count). The van der Waals surface area contributed by atoms with Gasteiger partial charge >= 0.3 is 0 Å². The first-order valence-corrected chi connectivity index (χ1v) is 11.0. The summed E-state index contributed by atoms with van der Waals surface area (Å²) >= 11 is 0. The van der Waals surface area contributed by atoms with Crippen molar-refractivity contribution in [2.75, 3.05) is 41.3 Å². The number of hydrogen-bond acceptors (Lipinski definition) is 5. The largest absolute Gasteiger partial charge is 0.508 e. The number of benzene rings is 3. The highest BCUT2D eigenvalue weighted by atomic mass is 16.3. The molecule has 0 aromatic heterocycles. The van der Waals surface area contributed by atoms with Crippen LogP contribution in [0.1, 0.15) is 28.8 Å². The van der Waals surface area contributed by atoms with Gasteiger partial charge in [0.15, 0.2) is 0 Å². The molecule has 33 heavy (non-hydrogen) atoms. The predicted octanol–water partition coefficient (Wildman–Crippen LogP) is 3.56. The van der Waals surface area contributed by atoms with Crippen LogP contribution in [0.25, 0.3) is 0 Å². The first-order valence-electron chi connectivity index (χ1n) is 11.0. The Morgan fingerprint density at radius 1 is 0.879 bits per heavy atom. The summed E-state index contributed by atoms with van der Waals surface area (Å²) in [6.45, 7) is 4.97. The number of hydrogen-bond donors (Lipinski definition) is 3. The molecule has 4 N–H and O–H groups in total. The number of primary amides is 1. The quantitative estimate of drug-likeness (QED) is 0.540. The summed E-state index contributed by atoms with van der Waals surface area (Å²) < 4.78 is 0. The molecule has 1 fully saturated rings. The van der Waals surface area contributed by atoms with Gasteiger partial charge in [-0.2, -0.15) is 0 Å². The van der Waals surface area contributed by atoms with E-state index in [2.05, 4.69) is 15.1 Å². The predicted molar refractivity (Wildman–Crippen MR) is 131 cm³/mol. The number of carbonyl (C=O) groups is 2. The molecule has 1 unspecified atom stereocenters. The van der Waals surface area contributed by atoms with Gasteiger partial charge < -0.3 is 26.0 Å². The van der Waals surface area contributed by atoms with Crippen LogP contribution >= 0.6 is 0 Å². The lowest BCUT2D eigenvalue weighted by Gasteiger charge is -2.37. The van der Waals surface area contributed by atoms with E-state index >= 15 is 0 Å². The number of piperazine rings is 1. The van der Waals surface area contributed by atoms with Crippen molar-refractivity contribution in [1.82, 2.24) is 0 Å². The molecule has 3 aromatic rings. The van der Waals surface area contributed by atoms with Crippen LogP contribution in [0.15, 0.2) is 72.8 Å². The topological polar surface area (TPSA) is 98.9 Å². The molecule has 1 aliphatic rings. The molecule has 1 aliphatic heterocycles. The molecule has 0 bridgehead atoms. The number of carbonyl (C=O) groups excluding carboxylic acids is 2. The van der Waals surface area contributed by atoms with Crippen molar-refractivity contribution in [2.45, 2.75) is 12.8 Å². The van der Waals surface area contributed by atoms with Gasteiger partial charge in [0.05, 0.1) is 5.92 Å². The van der Waals surface area contributed by atoms with Gasteiger partial charge in [-0.05, 0) is 61.0 Å². The molecule has 1 saturated heterocycles. The fourth-order valence-corrected chi connectivity index (χ4v) is 4.03. The Hall–Kier alpha value is -4.00. The van der Waals surface area contributed by atoms with Gasteiger partial charge in [-0.25, -0.2) is 0 Å². The molecule has 170 valence electrons. The zero-order valence-electron chi connectivity index (χ0n) is 18.6. The minimum absolute atomic E-state index is 0.123. The van der Waals surface area contributed by atoms with Gasteiger partial charge in [0.2, 0.25) is 11.8 Å². The first kappa shape index (κ1) is 22.2. The smallest absolute Gasteiger partial charge is 0.248 e. The van der Waals surface area contributed by atoms with E-state index < -0.39 is 11.8 Å². The number of phenols is 1. The number of para-hydroxylation sites is 1. The highest BCUT2D eigenvalue weighted by Crippen LogP contribution is 2.30. The van der Waals surface area contributed by atoms with Crippen LogP contribution in [0.4, 0.5) is 17.1 Å². The molecule has 7 nitrogen and oxygen atoms in total. The fraction of sp³-hybridized carbons (Fsp3) is 0.231. The average Bonchev–Trinajstić information content (AvgIpc) is 2.84. The van der Waals surface area contributed by atoms with E-state index in [1.54, 1.807) is 24.3 Å². The molecule has 0 aliphatic carbocycles. The number of aromatic hydroxyl groups is 1. The van der Waals surface area contributed by atoms with Crippen molar-refractivity contribution >= 4 is 28.9 Å². The van der Waals surface area contributed by atoms with E-state index in [1.165, 1.54) is 0 Å². The molecule has 7 heteroatoms. The maximum atomic E-state index is 12.7. The second-order valence-corrected chi connectivity index (χ2v) is 8.24. The summed E-state index contributed by atoms with van der Waals surface area (Å²) in [5.74, 6) is -0.827. The zero-order chi connectivity index (χ0) is 23.4. The van der Waals surface area contributed by atoms with Crippen LogP contribution in [0.2, 0.25) is 0 Å². The summed E-state index contributed by atoms with van der Waals surface area (Å²) in [5, 5.41) is 13.3. The SMILES string of the molecule is CC(C(=O)Nc1ccccc1)c1cc(O)cc(N2CCN(c3ccc(C(N)=O)cc3)CC2)c1. The Bertz CT molecular complexity index is 1120. The summed E-state index contributed by atoms with van der Waals surface area (Å²) in [4.78, 5) is 28.5. The van der Waals surface area contributed by atoms with Crippen molar-refractivity contribution in [2.24, 2.45) is 5.73 Å². The third kappa shape index (κ3) is 5.26. The average molecular weight is 445 g/mol. The molecule has 0 saturated carbocycles. The summed E-state index contributed by atoms with van der Waals surface area (Å²) in [6.07, 6.45) is 0. The zero-order valence-corrected chi connectivity index (χ0v) is 18.6.